The molecule has 1 saturated heterocycles. The normalized spacial score (nSPS) is 16.4. The summed E-state index contributed by atoms with van der Waals surface area (Å²) in [6.45, 7) is 4.83. The molecule has 21 heavy (non-hydrogen) atoms. The molecule has 1 atom stereocenters. The Kier molecular flexibility index (Phi) is 5.18. The van der Waals surface area contributed by atoms with Crippen molar-refractivity contribution in [3.05, 3.63) is 29.3 Å². The molecule has 1 aromatic carbocycles. The molecule has 1 aromatic rings. The summed E-state index contributed by atoms with van der Waals surface area (Å²) in [4.78, 5) is 11.6. The minimum Gasteiger partial charge on any atom is -0.490 e. The number of aryl methyl sites for hydroxylation is 1. The summed E-state index contributed by atoms with van der Waals surface area (Å²) < 4.78 is 15.9. The van der Waals surface area contributed by atoms with Gasteiger partial charge in [0.15, 0.2) is 0 Å². The van der Waals surface area contributed by atoms with Crippen molar-refractivity contribution in [2.45, 2.75) is 38.9 Å². The zero-order valence-electron chi connectivity index (χ0n) is 12.3. The van der Waals surface area contributed by atoms with Crippen molar-refractivity contribution in [3.8, 4) is 11.8 Å². The molecule has 0 bridgehead atoms. The molecular weight excluding hydrogens is 270 g/mol. The summed E-state index contributed by atoms with van der Waals surface area (Å²) in [6, 6.07) is 7.34. The molecule has 1 unspecified atom stereocenters. The van der Waals surface area contributed by atoms with Crippen LogP contribution < -0.4 is 4.74 Å². The fourth-order valence-corrected chi connectivity index (χ4v) is 1.87. The Morgan fingerprint density at radius 1 is 1.52 bits per heavy atom. The van der Waals surface area contributed by atoms with Gasteiger partial charge in [0.05, 0.1) is 24.3 Å². The van der Waals surface area contributed by atoms with Crippen LogP contribution in [0, 0.1) is 11.3 Å². The standard InChI is InChI=1S/C16H19NO4/c1-11(2)21-16(18)6-5-13-4-3-12(8-17)7-15(13)20-10-14-9-19-14/h3-4,7,11,14H,5-6,9-10H2,1-2H3. The molecule has 0 saturated carbocycles. The van der Waals surface area contributed by atoms with Gasteiger partial charge in [0, 0.05) is 6.42 Å². The van der Waals surface area contributed by atoms with Gasteiger partial charge in [-0.1, -0.05) is 6.07 Å². The lowest BCUT2D eigenvalue weighted by atomic mass is 10.1. The van der Waals surface area contributed by atoms with Crippen molar-refractivity contribution in [1.82, 2.24) is 0 Å². The number of ether oxygens (including phenoxy) is 3. The van der Waals surface area contributed by atoms with Gasteiger partial charge in [-0.25, -0.2) is 0 Å². The number of nitriles is 1. The van der Waals surface area contributed by atoms with E-state index in [2.05, 4.69) is 6.07 Å². The van der Waals surface area contributed by atoms with Crippen LogP contribution in [0.1, 0.15) is 31.4 Å². The zero-order valence-corrected chi connectivity index (χ0v) is 12.3. The van der Waals surface area contributed by atoms with Crippen LogP contribution in [-0.2, 0) is 20.7 Å². The Hall–Kier alpha value is -2.06. The first kappa shape index (κ1) is 15.3. The third kappa shape index (κ3) is 5.09. The molecule has 2 rings (SSSR count). The molecule has 112 valence electrons. The Morgan fingerprint density at radius 2 is 2.29 bits per heavy atom. The lowest BCUT2D eigenvalue weighted by molar-refractivity contribution is -0.147. The number of esters is 1. The van der Waals surface area contributed by atoms with Crippen LogP contribution in [0.25, 0.3) is 0 Å². The Bertz CT molecular complexity index is 544. The number of hydrogen-bond donors (Lipinski definition) is 0. The highest BCUT2D eigenvalue weighted by atomic mass is 16.6. The maximum absolute atomic E-state index is 11.6. The maximum atomic E-state index is 11.6. The van der Waals surface area contributed by atoms with Crippen LogP contribution in [0.4, 0.5) is 0 Å². The lowest BCUT2D eigenvalue weighted by Gasteiger charge is -2.12. The molecule has 0 radical (unpaired) electrons. The van der Waals surface area contributed by atoms with Gasteiger partial charge in [-0.15, -0.1) is 0 Å². The van der Waals surface area contributed by atoms with Gasteiger partial charge >= 0.3 is 5.97 Å². The van der Waals surface area contributed by atoms with Crippen molar-refractivity contribution < 1.29 is 19.0 Å². The highest BCUT2D eigenvalue weighted by Gasteiger charge is 2.23. The van der Waals surface area contributed by atoms with Gasteiger partial charge in [0.1, 0.15) is 18.5 Å². The van der Waals surface area contributed by atoms with Crippen molar-refractivity contribution in [1.29, 1.82) is 5.26 Å². The van der Waals surface area contributed by atoms with E-state index >= 15 is 0 Å². The summed E-state index contributed by atoms with van der Waals surface area (Å²) in [6.07, 6.45) is 0.856. The summed E-state index contributed by atoms with van der Waals surface area (Å²) in [5.41, 5.74) is 1.44. The molecule has 0 N–H and O–H groups in total. The van der Waals surface area contributed by atoms with E-state index in [9.17, 15) is 4.79 Å². The van der Waals surface area contributed by atoms with Crippen LogP contribution in [0.2, 0.25) is 0 Å². The van der Waals surface area contributed by atoms with Crippen molar-refractivity contribution >= 4 is 5.97 Å². The number of benzene rings is 1. The molecule has 1 aliphatic rings. The van der Waals surface area contributed by atoms with Crippen LogP contribution in [0.5, 0.6) is 5.75 Å². The number of hydrogen-bond acceptors (Lipinski definition) is 5. The third-order valence-electron chi connectivity index (χ3n) is 2.99. The van der Waals surface area contributed by atoms with E-state index in [1.165, 1.54) is 0 Å². The SMILES string of the molecule is CC(C)OC(=O)CCc1ccc(C#N)cc1OCC1CO1. The van der Waals surface area contributed by atoms with Crippen molar-refractivity contribution in [2.75, 3.05) is 13.2 Å². The van der Waals surface area contributed by atoms with E-state index in [-0.39, 0.29) is 18.2 Å². The van der Waals surface area contributed by atoms with E-state index in [1.807, 2.05) is 19.9 Å². The molecule has 0 spiro atoms. The molecule has 1 aliphatic heterocycles. The summed E-state index contributed by atoms with van der Waals surface area (Å²) >= 11 is 0. The highest BCUT2D eigenvalue weighted by molar-refractivity contribution is 5.70. The molecule has 1 heterocycles. The van der Waals surface area contributed by atoms with Crippen molar-refractivity contribution in [2.24, 2.45) is 0 Å². The molecule has 0 aliphatic carbocycles. The highest BCUT2D eigenvalue weighted by Crippen LogP contribution is 2.23. The van der Waals surface area contributed by atoms with Crippen LogP contribution >= 0.6 is 0 Å². The average Bonchev–Trinajstić information content (AvgIpc) is 3.26. The number of nitrogens with zero attached hydrogens (tertiary/aromatic N) is 1. The first-order chi connectivity index (χ1) is 10.1. The summed E-state index contributed by atoms with van der Waals surface area (Å²) in [5, 5.41) is 8.96. The van der Waals surface area contributed by atoms with Gasteiger partial charge in [0.2, 0.25) is 0 Å². The van der Waals surface area contributed by atoms with Crippen LogP contribution in [0.15, 0.2) is 18.2 Å². The molecule has 5 nitrogen and oxygen atoms in total. The fraction of sp³-hybridized carbons (Fsp3) is 0.500. The van der Waals surface area contributed by atoms with Crippen LogP contribution in [-0.4, -0.2) is 31.4 Å². The maximum Gasteiger partial charge on any atom is 0.306 e. The Balaban J connectivity index is 1.99. The van der Waals surface area contributed by atoms with E-state index in [1.54, 1.807) is 12.1 Å². The van der Waals surface area contributed by atoms with Crippen LogP contribution in [0.3, 0.4) is 0 Å². The topological polar surface area (TPSA) is 71.9 Å². The average molecular weight is 289 g/mol. The quantitative estimate of drug-likeness (QED) is 0.568. The predicted octanol–water partition coefficient (Wildman–Crippen LogP) is 2.22. The molecule has 0 aromatic heterocycles. The monoisotopic (exact) mass is 289 g/mol. The molecule has 0 amide bonds. The minimum atomic E-state index is -0.231. The fourth-order valence-electron chi connectivity index (χ4n) is 1.87. The molecular formula is C16H19NO4. The van der Waals surface area contributed by atoms with E-state index in [0.29, 0.717) is 37.4 Å². The van der Waals surface area contributed by atoms with Gasteiger partial charge in [0.25, 0.3) is 0 Å². The van der Waals surface area contributed by atoms with Crippen molar-refractivity contribution in [3.63, 3.8) is 0 Å². The van der Waals surface area contributed by atoms with E-state index < -0.39 is 0 Å². The number of rotatable bonds is 7. The Labute approximate surface area is 124 Å². The first-order valence-electron chi connectivity index (χ1n) is 7.05. The zero-order chi connectivity index (χ0) is 15.2. The second-order valence-electron chi connectivity index (χ2n) is 5.24. The second-order valence-corrected chi connectivity index (χ2v) is 5.24. The lowest BCUT2D eigenvalue weighted by Crippen LogP contribution is -2.12. The summed E-state index contributed by atoms with van der Waals surface area (Å²) in [7, 11) is 0. The third-order valence-corrected chi connectivity index (χ3v) is 2.99. The van der Waals surface area contributed by atoms with Gasteiger partial charge in [-0.2, -0.15) is 5.26 Å². The minimum absolute atomic E-state index is 0.110. The number of epoxide rings is 1. The second kappa shape index (κ2) is 7.09. The summed E-state index contributed by atoms with van der Waals surface area (Å²) in [5.74, 6) is 0.410. The van der Waals surface area contributed by atoms with E-state index in [4.69, 9.17) is 19.5 Å². The molecule has 5 heteroatoms. The molecule has 1 fully saturated rings. The Morgan fingerprint density at radius 3 is 2.90 bits per heavy atom. The van der Waals surface area contributed by atoms with Gasteiger partial charge in [-0.3, -0.25) is 4.79 Å². The first-order valence-corrected chi connectivity index (χ1v) is 7.05. The largest absolute Gasteiger partial charge is 0.490 e. The predicted molar refractivity (Wildman–Crippen MR) is 75.9 cm³/mol. The smallest absolute Gasteiger partial charge is 0.306 e. The van der Waals surface area contributed by atoms with E-state index in [0.717, 1.165) is 5.56 Å². The van der Waals surface area contributed by atoms with Gasteiger partial charge < -0.3 is 14.2 Å². The van der Waals surface area contributed by atoms with Gasteiger partial charge in [-0.05, 0) is 38.0 Å². The number of carbonyl (C=O) groups is 1. The number of carbonyl (C=O) groups excluding carboxylic acids is 1.